The van der Waals surface area contributed by atoms with Gasteiger partial charge in [-0.05, 0) is 51.3 Å². The van der Waals surface area contributed by atoms with Gasteiger partial charge >= 0.3 is 6.09 Å². The minimum Gasteiger partial charge on any atom is -0.481 e. The largest absolute Gasteiger partial charge is 0.481 e. The van der Waals surface area contributed by atoms with Crippen molar-refractivity contribution in [2.24, 2.45) is 0 Å². The zero-order valence-corrected chi connectivity index (χ0v) is 14.6. The van der Waals surface area contributed by atoms with Gasteiger partial charge in [0.05, 0.1) is 6.61 Å². The van der Waals surface area contributed by atoms with Gasteiger partial charge in [-0.1, -0.05) is 12.1 Å². The van der Waals surface area contributed by atoms with Crippen LogP contribution in [-0.2, 0) is 9.53 Å². The number of hydrogen-bond acceptors (Lipinski definition) is 4. The molecule has 0 aromatic heterocycles. The highest BCUT2D eigenvalue weighted by molar-refractivity contribution is 5.81. The highest BCUT2D eigenvalue weighted by Crippen LogP contribution is 2.15. The number of amides is 2. The lowest BCUT2D eigenvalue weighted by Crippen LogP contribution is -2.49. The van der Waals surface area contributed by atoms with Crippen molar-refractivity contribution in [3.05, 3.63) is 29.8 Å². The molecule has 1 unspecified atom stereocenters. The average molecular weight is 334 g/mol. The number of hydrogen-bond donors (Lipinski definition) is 1. The minimum absolute atomic E-state index is 0.0618. The molecule has 6 nitrogen and oxygen atoms in total. The second kappa shape index (κ2) is 8.57. The summed E-state index contributed by atoms with van der Waals surface area (Å²) < 4.78 is 10.7. The van der Waals surface area contributed by atoms with Gasteiger partial charge in [-0.2, -0.15) is 0 Å². The van der Waals surface area contributed by atoms with E-state index in [4.69, 9.17) is 9.47 Å². The van der Waals surface area contributed by atoms with Crippen LogP contribution in [0.2, 0.25) is 0 Å². The Morgan fingerprint density at radius 2 is 2.04 bits per heavy atom. The Hall–Kier alpha value is -2.24. The number of ether oxygens (including phenoxy) is 2. The summed E-state index contributed by atoms with van der Waals surface area (Å²) in [4.78, 5) is 25.6. The predicted molar refractivity (Wildman–Crippen MR) is 91.0 cm³/mol. The van der Waals surface area contributed by atoms with Crippen molar-refractivity contribution in [2.45, 2.75) is 45.8 Å². The van der Waals surface area contributed by atoms with Crippen LogP contribution in [0.25, 0.3) is 0 Å². The van der Waals surface area contributed by atoms with Crippen LogP contribution in [0.15, 0.2) is 24.3 Å². The summed E-state index contributed by atoms with van der Waals surface area (Å²) in [6, 6.07) is 7.69. The lowest BCUT2D eigenvalue weighted by molar-refractivity contribution is -0.128. The average Bonchev–Trinajstić information content (AvgIpc) is 2.55. The van der Waals surface area contributed by atoms with E-state index in [1.165, 1.54) is 0 Å². The first-order valence-corrected chi connectivity index (χ1v) is 8.45. The number of nitrogens with one attached hydrogen (secondary N) is 1. The second-order valence-electron chi connectivity index (χ2n) is 6.05. The van der Waals surface area contributed by atoms with Crippen LogP contribution in [-0.4, -0.2) is 48.7 Å². The fourth-order valence-corrected chi connectivity index (χ4v) is 2.69. The van der Waals surface area contributed by atoms with Crippen molar-refractivity contribution in [3.8, 4) is 5.75 Å². The second-order valence-corrected chi connectivity index (χ2v) is 6.05. The maximum atomic E-state index is 12.3. The van der Waals surface area contributed by atoms with Gasteiger partial charge in [0.2, 0.25) is 0 Å². The Labute approximate surface area is 143 Å². The Kier molecular flexibility index (Phi) is 6.46. The lowest BCUT2D eigenvalue weighted by Gasteiger charge is -2.32. The molecule has 2 amide bonds. The molecule has 1 aromatic carbocycles. The first-order valence-electron chi connectivity index (χ1n) is 8.45. The topological polar surface area (TPSA) is 67.9 Å². The molecule has 1 fully saturated rings. The fourth-order valence-electron chi connectivity index (χ4n) is 2.69. The molecule has 1 heterocycles. The minimum atomic E-state index is -0.560. The molecule has 1 N–H and O–H groups in total. The third kappa shape index (κ3) is 5.15. The van der Waals surface area contributed by atoms with E-state index < -0.39 is 6.10 Å². The predicted octanol–water partition coefficient (Wildman–Crippen LogP) is 2.50. The SMILES string of the molecule is CCOC(=O)N1CCC(NC(=O)C(C)Oc2cccc(C)c2)CC1. The molecule has 2 rings (SSSR count). The van der Waals surface area contributed by atoms with E-state index >= 15 is 0 Å². The maximum Gasteiger partial charge on any atom is 0.409 e. The quantitative estimate of drug-likeness (QED) is 0.898. The summed E-state index contributed by atoms with van der Waals surface area (Å²) >= 11 is 0. The third-order valence-corrected chi connectivity index (χ3v) is 4.04. The van der Waals surface area contributed by atoms with Gasteiger partial charge in [0.25, 0.3) is 5.91 Å². The van der Waals surface area contributed by atoms with E-state index in [9.17, 15) is 9.59 Å². The summed E-state index contributed by atoms with van der Waals surface area (Å²) in [5, 5.41) is 3.00. The van der Waals surface area contributed by atoms with Crippen molar-refractivity contribution in [2.75, 3.05) is 19.7 Å². The molecule has 1 aliphatic heterocycles. The molecule has 1 aliphatic rings. The number of benzene rings is 1. The van der Waals surface area contributed by atoms with Gasteiger partial charge in [0, 0.05) is 19.1 Å². The van der Waals surface area contributed by atoms with Gasteiger partial charge in [-0.15, -0.1) is 0 Å². The number of carbonyl (C=O) groups is 2. The van der Waals surface area contributed by atoms with Gasteiger partial charge in [0.15, 0.2) is 6.10 Å². The number of carbonyl (C=O) groups excluding carboxylic acids is 2. The molecular weight excluding hydrogens is 308 g/mol. The van der Waals surface area contributed by atoms with Crippen molar-refractivity contribution in [3.63, 3.8) is 0 Å². The highest BCUT2D eigenvalue weighted by Gasteiger charge is 2.26. The normalized spacial score (nSPS) is 16.4. The van der Waals surface area contributed by atoms with Crippen molar-refractivity contribution in [1.29, 1.82) is 0 Å². The summed E-state index contributed by atoms with van der Waals surface area (Å²) in [7, 11) is 0. The van der Waals surface area contributed by atoms with Crippen LogP contribution in [0.1, 0.15) is 32.3 Å². The van der Waals surface area contributed by atoms with Gasteiger partial charge < -0.3 is 19.7 Å². The van der Waals surface area contributed by atoms with Gasteiger partial charge in [0.1, 0.15) is 5.75 Å². The number of aryl methyl sites for hydroxylation is 1. The number of rotatable bonds is 5. The molecule has 0 bridgehead atoms. The Morgan fingerprint density at radius 1 is 1.33 bits per heavy atom. The first kappa shape index (κ1) is 18.1. The van der Waals surface area contributed by atoms with Crippen LogP contribution in [0, 0.1) is 6.92 Å². The lowest BCUT2D eigenvalue weighted by atomic mass is 10.1. The standard InChI is InChI=1S/C18H26N2O4/c1-4-23-18(22)20-10-8-15(9-11-20)19-17(21)14(3)24-16-7-5-6-13(2)12-16/h5-7,12,14-15H,4,8-11H2,1-3H3,(H,19,21). The van der Waals surface area contributed by atoms with E-state index in [0.29, 0.717) is 25.4 Å². The molecule has 0 aliphatic carbocycles. The zero-order chi connectivity index (χ0) is 17.5. The van der Waals surface area contributed by atoms with E-state index in [-0.39, 0.29) is 18.0 Å². The molecule has 0 spiro atoms. The molecule has 132 valence electrons. The van der Waals surface area contributed by atoms with Crippen LogP contribution in [0.5, 0.6) is 5.75 Å². The number of piperidine rings is 1. The van der Waals surface area contributed by atoms with E-state index in [0.717, 1.165) is 18.4 Å². The van der Waals surface area contributed by atoms with E-state index in [1.54, 1.807) is 18.7 Å². The van der Waals surface area contributed by atoms with Crippen LogP contribution in [0.4, 0.5) is 4.79 Å². The summed E-state index contributed by atoms with van der Waals surface area (Å²) in [6.45, 7) is 7.08. The monoisotopic (exact) mass is 334 g/mol. The molecule has 0 radical (unpaired) electrons. The molecule has 1 aromatic rings. The van der Waals surface area contributed by atoms with Crippen molar-refractivity contribution in [1.82, 2.24) is 10.2 Å². The van der Waals surface area contributed by atoms with Crippen LogP contribution < -0.4 is 10.1 Å². The molecule has 24 heavy (non-hydrogen) atoms. The molecule has 6 heteroatoms. The molecule has 1 saturated heterocycles. The fraction of sp³-hybridized carbons (Fsp3) is 0.556. The van der Waals surface area contributed by atoms with Crippen molar-refractivity contribution < 1.29 is 19.1 Å². The maximum absolute atomic E-state index is 12.3. The number of nitrogens with zero attached hydrogens (tertiary/aromatic N) is 1. The molecular formula is C18H26N2O4. The summed E-state index contributed by atoms with van der Waals surface area (Å²) in [5.41, 5.74) is 1.09. The summed E-state index contributed by atoms with van der Waals surface area (Å²) in [5.74, 6) is 0.556. The Balaban J connectivity index is 1.77. The highest BCUT2D eigenvalue weighted by atomic mass is 16.6. The third-order valence-electron chi connectivity index (χ3n) is 4.04. The van der Waals surface area contributed by atoms with Gasteiger partial charge in [-0.3, -0.25) is 4.79 Å². The Bertz CT molecular complexity index is 568. The summed E-state index contributed by atoms with van der Waals surface area (Å²) in [6.07, 6.45) is 0.608. The Morgan fingerprint density at radius 3 is 2.67 bits per heavy atom. The number of likely N-dealkylation sites (tertiary alicyclic amines) is 1. The van der Waals surface area contributed by atoms with Crippen LogP contribution in [0.3, 0.4) is 0 Å². The zero-order valence-electron chi connectivity index (χ0n) is 14.6. The van der Waals surface area contributed by atoms with Crippen LogP contribution >= 0.6 is 0 Å². The first-order chi connectivity index (χ1) is 11.5. The molecule has 1 atom stereocenters. The van der Waals surface area contributed by atoms with Crippen molar-refractivity contribution >= 4 is 12.0 Å². The smallest absolute Gasteiger partial charge is 0.409 e. The van der Waals surface area contributed by atoms with Gasteiger partial charge in [-0.25, -0.2) is 4.79 Å². The van der Waals surface area contributed by atoms with E-state index in [1.807, 2.05) is 31.2 Å². The molecule has 0 saturated carbocycles. The van der Waals surface area contributed by atoms with E-state index in [2.05, 4.69) is 5.32 Å².